The first kappa shape index (κ1) is 13.1. The molecule has 0 saturated carbocycles. The standard InChI is InChI=1S/C13H16BrN3O/c14-11-5-4-10-6-8-17(12(10)9-11)7-2-1-3-13(18)16-15/h4-6,8-9H,1-3,7,15H2,(H,16,18). The van der Waals surface area contributed by atoms with Gasteiger partial charge < -0.3 is 4.57 Å². The third kappa shape index (κ3) is 3.11. The van der Waals surface area contributed by atoms with E-state index < -0.39 is 0 Å². The quantitative estimate of drug-likeness (QED) is 0.386. The summed E-state index contributed by atoms with van der Waals surface area (Å²) in [5.41, 5.74) is 3.36. The Labute approximate surface area is 114 Å². The minimum Gasteiger partial charge on any atom is -0.347 e. The second kappa shape index (κ2) is 6.02. The lowest BCUT2D eigenvalue weighted by Gasteiger charge is -2.05. The number of nitrogens with two attached hydrogens (primary N) is 1. The number of fused-ring (bicyclic) bond motifs is 1. The van der Waals surface area contributed by atoms with Crippen molar-refractivity contribution in [1.29, 1.82) is 0 Å². The smallest absolute Gasteiger partial charge is 0.233 e. The Kier molecular flexibility index (Phi) is 4.38. The van der Waals surface area contributed by atoms with Crippen LogP contribution in [0.25, 0.3) is 10.9 Å². The fourth-order valence-corrected chi connectivity index (χ4v) is 2.34. The highest BCUT2D eigenvalue weighted by Crippen LogP contribution is 2.21. The van der Waals surface area contributed by atoms with Crippen LogP contribution in [0.2, 0.25) is 0 Å². The Morgan fingerprint density at radius 1 is 1.33 bits per heavy atom. The van der Waals surface area contributed by atoms with Crippen LogP contribution in [-0.2, 0) is 11.3 Å². The van der Waals surface area contributed by atoms with Crippen LogP contribution in [0.3, 0.4) is 0 Å². The summed E-state index contributed by atoms with van der Waals surface area (Å²) >= 11 is 3.48. The molecule has 0 aliphatic carbocycles. The molecule has 0 unspecified atom stereocenters. The van der Waals surface area contributed by atoms with E-state index in [4.69, 9.17) is 5.84 Å². The molecule has 3 N–H and O–H groups in total. The van der Waals surface area contributed by atoms with Gasteiger partial charge in [0, 0.05) is 29.2 Å². The third-order valence-electron chi connectivity index (χ3n) is 2.95. The highest BCUT2D eigenvalue weighted by molar-refractivity contribution is 9.10. The molecule has 0 spiro atoms. The summed E-state index contributed by atoms with van der Waals surface area (Å²) < 4.78 is 3.29. The second-order valence-corrected chi connectivity index (χ2v) is 5.15. The van der Waals surface area contributed by atoms with Crippen LogP contribution < -0.4 is 11.3 Å². The van der Waals surface area contributed by atoms with E-state index in [2.05, 4.69) is 50.3 Å². The van der Waals surface area contributed by atoms with Crippen molar-refractivity contribution in [2.45, 2.75) is 25.8 Å². The average molecular weight is 310 g/mol. The van der Waals surface area contributed by atoms with E-state index in [1.54, 1.807) is 0 Å². The molecule has 0 bridgehead atoms. The SMILES string of the molecule is NNC(=O)CCCCn1ccc2ccc(Br)cc21. The molecule has 1 amide bonds. The van der Waals surface area contributed by atoms with Crippen molar-refractivity contribution in [3.8, 4) is 0 Å². The zero-order valence-electron chi connectivity index (χ0n) is 10.0. The Morgan fingerprint density at radius 3 is 2.94 bits per heavy atom. The Balaban J connectivity index is 1.95. The average Bonchev–Trinajstić information content (AvgIpc) is 2.77. The van der Waals surface area contributed by atoms with Crippen LogP contribution in [0.5, 0.6) is 0 Å². The van der Waals surface area contributed by atoms with Gasteiger partial charge in [0.15, 0.2) is 0 Å². The number of hydrogen-bond acceptors (Lipinski definition) is 2. The Hall–Kier alpha value is -1.33. The van der Waals surface area contributed by atoms with E-state index >= 15 is 0 Å². The maximum atomic E-state index is 11.0. The largest absolute Gasteiger partial charge is 0.347 e. The first-order valence-corrected chi connectivity index (χ1v) is 6.74. The molecule has 1 heterocycles. The summed E-state index contributed by atoms with van der Waals surface area (Å²) in [6, 6.07) is 8.35. The van der Waals surface area contributed by atoms with Gasteiger partial charge in [0.1, 0.15) is 0 Å². The number of amides is 1. The van der Waals surface area contributed by atoms with Crippen molar-refractivity contribution in [2.24, 2.45) is 5.84 Å². The first-order valence-electron chi connectivity index (χ1n) is 5.94. The summed E-state index contributed by atoms with van der Waals surface area (Å²) in [7, 11) is 0. The fourth-order valence-electron chi connectivity index (χ4n) is 1.99. The molecule has 0 aliphatic heterocycles. The molecule has 0 fully saturated rings. The first-order chi connectivity index (χ1) is 8.70. The second-order valence-electron chi connectivity index (χ2n) is 4.24. The molecule has 1 aromatic carbocycles. The summed E-state index contributed by atoms with van der Waals surface area (Å²) in [5, 5.41) is 1.23. The van der Waals surface area contributed by atoms with Gasteiger partial charge in [0.25, 0.3) is 0 Å². The van der Waals surface area contributed by atoms with Gasteiger partial charge in [-0.3, -0.25) is 10.2 Å². The number of rotatable bonds is 5. The highest BCUT2D eigenvalue weighted by Gasteiger charge is 2.02. The number of aryl methyl sites for hydroxylation is 1. The van der Waals surface area contributed by atoms with Crippen molar-refractivity contribution < 1.29 is 4.79 Å². The molecule has 0 saturated heterocycles. The number of hydrazine groups is 1. The zero-order chi connectivity index (χ0) is 13.0. The summed E-state index contributed by atoms with van der Waals surface area (Å²) in [6.07, 6.45) is 4.37. The normalized spacial score (nSPS) is 10.8. The predicted molar refractivity (Wildman–Crippen MR) is 75.8 cm³/mol. The van der Waals surface area contributed by atoms with E-state index in [0.717, 1.165) is 23.9 Å². The van der Waals surface area contributed by atoms with Crippen molar-refractivity contribution in [2.75, 3.05) is 0 Å². The number of carbonyl (C=O) groups is 1. The van der Waals surface area contributed by atoms with E-state index in [1.807, 2.05) is 6.07 Å². The van der Waals surface area contributed by atoms with Crippen molar-refractivity contribution in [1.82, 2.24) is 9.99 Å². The molecule has 5 heteroatoms. The van der Waals surface area contributed by atoms with Crippen molar-refractivity contribution in [3.63, 3.8) is 0 Å². The topological polar surface area (TPSA) is 60.0 Å². The molecule has 96 valence electrons. The molecule has 2 aromatic rings. The molecule has 0 radical (unpaired) electrons. The van der Waals surface area contributed by atoms with Gasteiger partial charge in [0.2, 0.25) is 5.91 Å². The maximum Gasteiger partial charge on any atom is 0.233 e. The molecule has 18 heavy (non-hydrogen) atoms. The van der Waals surface area contributed by atoms with Crippen LogP contribution in [0.4, 0.5) is 0 Å². The lowest BCUT2D eigenvalue weighted by Crippen LogP contribution is -2.29. The van der Waals surface area contributed by atoms with Gasteiger partial charge in [-0.1, -0.05) is 22.0 Å². The van der Waals surface area contributed by atoms with Gasteiger partial charge in [-0.2, -0.15) is 0 Å². The predicted octanol–water partition coefficient (Wildman–Crippen LogP) is 2.56. The highest BCUT2D eigenvalue weighted by atomic mass is 79.9. The molecule has 0 aliphatic rings. The molecule has 0 atom stereocenters. The van der Waals surface area contributed by atoms with E-state index in [1.165, 1.54) is 10.9 Å². The fraction of sp³-hybridized carbons (Fsp3) is 0.308. The van der Waals surface area contributed by atoms with E-state index in [0.29, 0.717) is 6.42 Å². The molecule has 2 rings (SSSR count). The van der Waals surface area contributed by atoms with Crippen LogP contribution in [0.1, 0.15) is 19.3 Å². The monoisotopic (exact) mass is 309 g/mol. The Bertz CT molecular complexity index is 550. The molecular weight excluding hydrogens is 294 g/mol. The van der Waals surface area contributed by atoms with Crippen LogP contribution in [0, 0.1) is 0 Å². The van der Waals surface area contributed by atoms with Gasteiger partial charge in [-0.15, -0.1) is 0 Å². The van der Waals surface area contributed by atoms with Gasteiger partial charge in [-0.25, -0.2) is 5.84 Å². The third-order valence-corrected chi connectivity index (χ3v) is 3.44. The number of benzene rings is 1. The van der Waals surface area contributed by atoms with Crippen LogP contribution >= 0.6 is 15.9 Å². The van der Waals surface area contributed by atoms with Crippen molar-refractivity contribution >= 4 is 32.7 Å². The van der Waals surface area contributed by atoms with Gasteiger partial charge in [0.05, 0.1) is 0 Å². The number of halogens is 1. The number of nitrogens with one attached hydrogen (secondary N) is 1. The van der Waals surface area contributed by atoms with Crippen LogP contribution in [0.15, 0.2) is 34.9 Å². The van der Waals surface area contributed by atoms with Crippen molar-refractivity contribution in [3.05, 3.63) is 34.9 Å². The zero-order valence-corrected chi connectivity index (χ0v) is 11.6. The molecule has 4 nitrogen and oxygen atoms in total. The summed E-state index contributed by atoms with van der Waals surface area (Å²) in [6.45, 7) is 0.914. The maximum absolute atomic E-state index is 11.0. The summed E-state index contributed by atoms with van der Waals surface area (Å²) in [4.78, 5) is 11.0. The minimum atomic E-state index is -0.102. The molecule has 1 aromatic heterocycles. The number of hydrogen-bond donors (Lipinski definition) is 2. The number of nitrogens with zero attached hydrogens (tertiary/aromatic N) is 1. The van der Waals surface area contributed by atoms with Gasteiger partial charge in [-0.05, 0) is 36.4 Å². The summed E-state index contributed by atoms with van der Waals surface area (Å²) in [5.74, 6) is 4.93. The number of aromatic nitrogens is 1. The lowest BCUT2D eigenvalue weighted by molar-refractivity contribution is -0.121. The van der Waals surface area contributed by atoms with Gasteiger partial charge >= 0.3 is 0 Å². The lowest BCUT2D eigenvalue weighted by atomic mass is 10.2. The number of unbranched alkanes of at least 4 members (excludes halogenated alkanes) is 1. The van der Waals surface area contributed by atoms with Crippen LogP contribution in [-0.4, -0.2) is 10.5 Å². The molecular formula is C13H16BrN3O. The van der Waals surface area contributed by atoms with E-state index in [-0.39, 0.29) is 5.91 Å². The van der Waals surface area contributed by atoms with E-state index in [9.17, 15) is 4.79 Å². The number of carbonyl (C=O) groups excluding carboxylic acids is 1. The minimum absolute atomic E-state index is 0.102. The Morgan fingerprint density at radius 2 is 2.17 bits per heavy atom.